The first-order valence-corrected chi connectivity index (χ1v) is 11.8. The zero-order valence-corrected chi connectivity index (χ0v) is 18.4. The summed E-state index contributed by atoms with van der Waals surface area (Å²) in [6.07, 6.45) is 1.62. The van der Waals surface area contributed by atoms with Gasteiger partial charge in [0.05, 0.1) is 17.4 Å². The highest BCUT2D eigenvalue weighted by Crippen LogP contribution is 2.22. The Morgan fingerprint density at radius 3 is 2.58 bits per heavy atom. The van der Waals surface area contributed by atoms with E-state index in [1.54, 1.807) is 17.9 Å². The third-order valence-electron chi connectivity index (χ3n) is 5.42. The number of nitrogens with zero attached hydrogens (tertiary/aromatic N) is 2. The molecule has 2 aromatic rings. The molecule has 0 saturated carbocycles. The summed E-state index contributed by atoms with van der Waals surface area (Å²) in [5, 5.41) is 9.02. The molecule has 31 heavy (non-hydrogen) atoms. The summed E-state index contributed by atoms with van der Waals surface area (Å²) < 4.78 is 33.7. The van der Waals surface area contributed by atoms with Crippen molar-refractivity contribution in [2.24, 2.45) is 0 Å². The first kappa shape index (κ1) is 22.9. The van der Waals surface area contributed by atoms with E-state index in [1.807, 2.05) is 30.3 Å². The number of aryl methyl sites for hydroxylation is 1. The van der Waals surface area contributed by atoms with Crippen molar-refractivity contribution in [3.8, 4) is 6.07 Å². The van der Waals surface area contributed by atoms with Gasteiger partial charge >= 0.3 is 0 Å². The Hall–Kier alpha value is -2.73. The molecule has 0 radical (unpaired) electrons. The summed E-state index contributed by atoms with van der Waals surface area (Å²) in [4.78, 5) is 15.1. The summed E-state index contributed by atoms with van der Waals surface area (Å²) >= 11 is 0. The fraction of sp³-hybridized carbons (Fsp3) is 0.391. The Morgan fingerprint density at radius 1 is 1.19 bits per heavy atom. The summed E-state index contributed by atoms with van der Waals surface area (Å²) in [5.74, 6) is -0.250. The molecular weight excluding hydrogens is 414 g/mol. The van der Waals surface area contributed by atoms with Gasteiger partial charge in [-0.05, 0) is 43.0 Å². The highest BCUT2D eigenvalue weighted by atomic mass is 32.2. The van der Waals surface area contributed by atoms with Crippen LogP contribution in [0.25, 0.3) is 0 Å². The molecule has 164 valence electrons. The van der Waals surface area contributed by atoms with Crippen molar-refractivity contribution in [1.82, 2.24) is 9.62 Å². The predicted octanol–water partition coefficient (Wildman–Crippen LogP) is 3.01. The number of ether oxygens (including phenoxy) is 1. The number of carbonyl (C=O) groups is 1. The summed E-state index contributed by atoms with van der Waals surface area (Å²) in [5.41, 5.74) is 1.88. The second-order valence-corrected chi connectivity index (χ2v) is 9.30. The lowest BCUT2D eigenvalue weighted by atomic mass is 10.0. The van der Waals surface area contributed by atoms with E-state index in [2.05, 4.69) is 10.8 Å². The minimum absolute atomic E-state index is 0.0227. The lowest BCUT2D eigenvalue weighted by Gasteiger charge is -2.34. The molecular formula is C23H27N3O4S. The number of carbonyl (C=O) groups excluding carboxylic acids is 1. The third kappa shape index (κ3) is 5.91. The Morgan fingerprint density at radius 2 is 1.90 bits per heavy atom. The van der Waals surface area contributed by atoms with E-state index >= 15 is 0 Å². The van der Waals surface area contributed by atoms with Crippen LogP contribution in [-0.2, 0) is 21.3 Å². The van der Waals surface area contributed by atoms with Crippen LogP contribution in [0.1, 0.15) is 40.7 Å². The molecule has 1 N–H and O–H groups in total. The van der Waals surface area contributed by atoms with Crippen molar-refractivity contribution in [3.63, 3.8) is 0 Å². The van der Waals surface area contributed by atoms with E-state index < -0.39 is 10.0 Å². The van der Waals surface area contributed by atoms with E-state index in [1.165, 1.54) is 12.1 Å². The van der Waals surface area contributed by atoms with Gasteiger partial charge in [0.2, 0.25) is 10.0 Å². The number of hydrogen-bond donors (Lipinski definition) is 1. The van der Waals surface area contributed by atoms with Gasteiger partial charge in [0.25, 0.3) is 5.91 Å². The molecule has 0 spiro atoms. The molecule has 0 bridgehead atoms. The second-order valence-electron chi connectivity index (χ2n) is 7.54. The standard InChI is InChI=1S/C23H27N3O4S/c1-18-8-9-21(31(28,29)25-17-19-6-3-2-4-7-19)16-22(18)23(27)26(13-5-12-24)20-10-14-30-15-11-20/h2-4,6-9,16,20,25H,5,10-11,13-15,17H2,1H3. The van der Waals surface area contributed by atoms with E-state index in [-0.39, 0.29) is 29.8 Å². The van der Waals surface area contributed by atoms with Crippen LogP contribution in [0.15, 0.2) is 53.4 Å². The van der Waals surface area contributed by atoms with Crippen molar-refractivity contribution < 1.29 is 17.9 Å². The van der Waals surface area contributed by atoms with Crippen LogP contribution in [0.4, 0.5) is 0 Å². The van der Waals surface area contributed by atoms with Gasteiger partial charge in [-0.3, -0.25) is 4.79 Å². The molecule has 1 aliphatic heterocycles. The first-order valence-electron chi connectivity index (χ1n) is 10.3. The number of rotatable bonds is 8. The van der Waals surface area contributed by atoms with E-state index in [0.717, 1.165) is 5.56 Å². The number of amides is 1. The summed E-state index contributed by atoms with van der Waals surface area (Å²) in [6.45, 7) is 3.39. The maximum Gasteiger partial charge on any atom is 0.254 e. The summed E-state index contributed by atoms with van der Waals surface area (Å²) in [7, 11) is -3.79. The van der Waals surface area contributed by atoms with Gasteiger partial charge in [-0.1, -0.05) is 36.4 Å². The van der Waals surface area contributed by atoms with E-state index in [4.69, 9.17) is 10.00 Å². The largest absolute Gasteiger partial charge is 0.381 e. The van der Waals surface area contributed by atoms with E-state index in [9.17, 15) is 13.2 Å². The van der Waals surface area contributed by atoms with Crippen molar-refractivity contribution in [2.75, 3.05) is 19.8 Å². The molecule has 2 aromatic carbocycles. The van der Waals surface area contributed by atoms with Crippen molar-refractivity contribution in [1.29, 1.82) is 5.26 Å². The molecule has 8 heteroatoms. The topological polar surface area (TPSA) is 99.5 Å². The van der Waals surface area contributed by atoms with Crippen LogP contribution in [-0.4, -0.2) is 45.0 Å². The maximum absolute atomic E-state index is 13.4. The Labute approximate surface area is 183 Å². The molecule has 1 aliphatic rings. The quantitative estimate of drug-likeness (QED) is 0.679. The second kappa shape index (κ2) is 10.5. The fourth-order valence-corrected chi connectivity index (χ4v) is 4.67. The minimum Gasteiger partial charge on any atom is -0.381 e. The number of benzene rings is 2. The van der Waals surface area contributed by atoms with Gasteiger partial charge < -0.3 is 9.64 Å². The van der Waals surface area contributed by atoms with Gasteiger partial charge in [-0.25, -0.2) is 13.1 Å². The van der Waals surface area contributed by atoms with E-state index in [0.29, 0.717) is 43.7 Å². The number of sulfonamides is 1. The Bertz CT molecular complexity index is 1040. The SMILES string of the molecule is Cc1ccc(S(=O)(=O)NCc2ccccc2)cc1C(=O)N(CCC#N)C1CCOCC1. The molecule has 0 aliphatic carbocycles. The molecule has 7 nitrogen and oxygen atoms in total. The highest BCUT2D eigenvalue weighted by molar-refractivity contribution is 7.89. The van der Waals surface area contributed by atoms with Crippen molar-refractivity contribution in [3.05, 3.63) is 65.2 Å². The monoisotopic (exact) mass is 441 g/mol. The molecule has 3 rings (SSSR count). The zero-order valence-electron chi connectivity index (χ0n) is 17.6. The van der Waals surface area contributed by atoms with Crippen LogP contribution in [0.2, 0.25) is 0 Å². The molecule has 0 unspecified atom stereocenters. The Balaban J connectivity index is 1.84. The first-order chi connectivity index (χ1) is 14.9. The van der Waals surface area contributed by atoms with Crippen LogP contribution in [0, 0.1) is 18.3 Å². The van der Waals surface area contributed by atoms with Gasteiger partial charge in [-0.2, -0.15) is 5.26 Å². The fourth-order valence-electron chi connectivity index (χ4n) is 3.63. The molecule has 1 saturated heterocycles. The number of nitrogens with one attached hydrogen (secondary N) is 1. The van der Waals surface area contributed by atoms with Gasteiger partial charge in [0.15, 0.2) is 0 Å². The highest BCUT2D eigenvalue weighted by Gasteiger charge is 2.28. The average Bonchev–Trinajstić information content (AvgIpc) is 2.79. The average molecular weight is 442 g/mol. The minimum atomic E-state index is -3.79. The van der Waals surface area contributed by atoms with Crippen LogP contribution in [0.3, 0.4) is 0 Å². The number of hydrogen-bond acceptors (Lipinski definition) is 5. The van der Waals surface area contributed by atoms with Gasteiger partial charge in [0, 0.05) is 37.9 Å². The van der Waals surface area contributed by atoms with Crippen molar-refractivity contribution >= 4 is 15.9 Å². The number of nitriles is 1. The normalized spacial score (nSPS) is 14.7. The van der Waals surface area contributed by atoms with Crippen molar-refractivity contribution in [2.45, 2.75) is 43.7 Å². The molecule has 0 atom stereocenters. The van der Waals surface area contributed by atoms with Gasteiger partial charge in [0.1, 0.15) is 0 Å². The molecule has 1 heterocycles. The van der Waals surface area contributed by atoms with Gasteiger partial charge in [-0.15, -0.1) is 0 Å². The molecule has 0 aromatic heterocycles. The smallest absolute Gasteiger partial charge is 0.254 e. The van der Waals surface area contributed by atoms with Crippen LogP contribution < -0.4 is 4.72 Å². The predicted molar refractivity (Wildman–Crippen MR) is 117 cm³/mol. The van der Waals surface area contributed by atoms with Crippen LogP contribution in [0.5, 0.6) is 0 Å². The molecule has 1 amide bonds. The molecule has 1 fully saturated rings. The zero-order chi connectivity index (χ0) is 22.3. The Kier molecular flexibility index (Phi) is 7.80. The third-order valence-corrected chi connectivity index (χ3v) is 6.81. The van der Waals surface area contributed by atoms with Crippen LogP contribution >= 0.6 is 0 Å². The lowest BCUT2D eigenvalue weighted by Crippen LogP contribution is -2.44. The lowest BCUT2D eigenvalue weighted by molar-refractivity contribution is 0.0295. The summed E-state index contributed by atoms with van der Waals surface area (Å²) in [6, 6.07) is 15.9. The maximum atomic E-state index is 13.4.